The molecule has 0 bridgehead atoms. The zero-order valence-corrected chi connectivity index (χ0v) is 10.6. The monoisotopic (exact) mass is 268 g/mol. The summed E-state index contributed by atoms with van der Waals surface area (Å²) in [6, 6.07) is 17.7. The number of hydrogen-bond acceptors (Lipinski definition) is 4. The summed E-state index contributed by atoms with van der Waals surface area (Å²) in [6.07, 6.45) is -1.97. The highest BCUT2D eigenvalue weighted by Crippen LogP contribution is 2.31. The fraction of sp³-hybridized carbons (Fsp3) is 0.125. The van der Waals surface area contributed by atoms with Gasteiger partial charge in [-0.1, -0.05) is 60.7 Å². The van der Waals surface area contributed by atoms with E-state index in [-0.39, 0.29) is 0 Å². The summed E-state index contributed by atoms with van der Waals surface area (Å²) in [6.45, 7) is 0. The Labute approximate surface area is 115 Å². The van der Waals surface area contributed by atoms with Crippen LogP contribution in [-0.2, 0) is 19.1 Å². The summed E-state index contributed by atoms with van der Waals surface area (Å²) in [4.78, 5) is 24.0. The van der Waals surface area contributed by atoms with Crippen LogP contribution in [0.4, 0.5) is 0 Å². The fourth-order valence-corrected chi connectivity index (χ4v) is 2.12. The molecule has 0 saturated carbocycles. The van der Waals surface area contributed by atoms with E-state index in [2.05, 4.69) is 0 Å². The van der Waals surface area contributed by atoms with Gasteiger partial charge in [-0.2, -0.15) is 0 Å². The molecule has 0 spiro atoms. The molecule has 4 nitrogen and oxygen atoms in total. The molecule has 20 heavy (non-hydrogen) atoms. The Morgan fingerprint density at radius 3 is 1.30 bits per heavy atom. The van der Waals surface area contributed by atoms with Gasteiger partial charge >= 0.3 is 11.9 Å². The molecule has 1 fully saturated rings. The largest absolute Gasteiger partial charge is 0.442 e. The van der Waals surface area contributed by atoms with Crippen molar-refractivity contribution in [2.75, 3.05) is 0 Å². The van der Waals surface area contributed by atoms with Crippen molar-refractivity contribution in [1.82, 2.24) is 0 Å². The Balaban J connectivity index is 1.84. The third kappa shape index (κ3) is 2.28. The predicted molar refractivity (Wildman–Crippen MR) is 70.6 cm³/mol. The Hall–Kier alpha value is -2.62. The van der Waals surface area contributed by atoms with Gasteiger partial charge in [-0.3, -0.25) is 0 Å². The van der Waals surface area contributed by atoms with Crippen LogP contribution in [0.3, 0.4) is 0 Å². The summed E-state index contributed by atoms with van der Waals surface area (Å²) in [5, 5.41) is 0. The summed E-state index contributed by atoms with van der Waals surface area (Å²) in [5.74, 6) is -1.10. The van der Waals surface area contributed by atoms with E-state index in [1.54, 1.807) is 48.5 Å². The maximum absolute atomic E-state index is 12.0. The van der Waals surface area contributed by atoms with Gasteiger partial charge < -0.3 is 9.47 Å². The Morgan fingerprint density at radius 1 is 0.600 bits per heavy atom. The van der Waals surface area contributed by atoms with E-state index >= 15 is 0 Å². The molecule has 2 aromatic carbocycles. The summed E-state index contributed by atoms with van der Waals surface area (Å²) in [5.41, 5.74) is 1.22. The third-order valence-electron chi connectivity index (χ3n) is 3.10. The van der Waals surface area contributed by atoms with E-state index in [0.29, 0.717) is 11.1 Å². The fourth-order valence-electron chi connectivity index (χ4n) is 2.12. The van der Waals surface area contributed by atoms with Gasteiger partial charge in [-0.15, -0.1) is 0 Å². The van der Waals surface area contributed by atoms with Crippen molar-refractivity contribution in [3.05, 3.63) is 71.8 Å². The van der Waals surface area contributed by atoms with Gasteiger partial charge in [0.2, 0.25) is 12.2 Å². The molecule has 2 atom stereocenters. The minimum absolute atomic E-state index is 0.551. The first kappa shape index (κ1) is 12.4. The molecule has 0 aliphatic carbocycles. The molecule has 2 unspecified atom stereocenters. The Kier molecular flexibility index (Phi) is 3.21. The van der Waals surface area contributed by atoms with Crippen LogP contribution in [0.2, 0.25) is 0 Å². The second-order valence-corrected chi connectivity index (χ2v) is 4.46. The van der Waals surface area contributed by atoms with Crippen molar-refractivity contribution in [3.63, 3.8) is 0 Å². The Morgan fingerprint density at radius 2 is 0.950 bits per heavy atom. The maximum Gasteiger partial charge on any atom is 0.353 e. The van der Waals surface area contributed by atoms with Gasteiger partial charge in [0, 0.05) is 11.1 Å². The van der Waals surface area contributed by atoms with E-state index in [1.165, 1.54) is 0 Å². The SMILES string of the molecule is O=C1OC(c2ccccc2)C(=O)OC1c1ccccc1. The normalized spacial score (nSPS) is 22.0. The number of rotatable bonds is 2. The van der Waals surface area contributed by atoms with Crippen LogP contribution >= 0.6 is 0 Å². The highest BCUT2D eigenvalue weighted by molar-refractivity contribution is 5.89. The summed E-state index contributed by atoms with van der Waals surface area (Å²) in [7, 11) is 0. The zero-order chi connectivity index (χ0) is 13.9. The first-order valence-electron chi connectivity index (χ1n) is 6.26. The molecule has 3 rings (SSSR count). The van der Waals surface area contributed by atoms with Crippen LogP contribution in [0.1, 0.15) is 23.3 Å². The summed E-state index contributed by atoms with van der Waals surface area (Å²) >= 11 is 0. The van der Waals surface area contributed by atoms with E-state index < -0.39 is 24.1 Å². The zero-order valence-electron chi connectivity index (χ0n) is 10.6. The summed E-state index contributed by atoms with van der Waals surface area (Å²) < 4.78 is 10.5. The third-order valence-corrected chi connectivity index (χ3v) is 3.10. The number of benzene rings is 2. The molecular formula is C16H12O4. The van der Waals surface area contributed by atoms with Crippen LogP contribution in [0.5, 0.6) is 0 Å². The lowest BCUT2D eigenvalue weighted by molar-refractivity contribution is -0.196. The smallest absolute Gasteiger partial charge is 0.353 e. The molecule has 0 aromatic heterocycles. The van der Waals surface area contributed by atoms with E-state index in [9.17, 15) is 9.59 Å². The molecular weight excluding hydrogens is 256 g/mol. The molecule has 1 aliphatic heterocycles. The van der Waals surface area contributed by atoms with Gasteiger partial charge in [-0.25, -0.2) is 9.59 Å². The maximum atomic E-state index is 12.0. The lowest BCUT2D eigenvalue weighted by atomic mass is 10.1. The first-order valence-corrected chi connectivity index (χ1v) is 6.26. The standard InChI is InChI=1S/C16H12O4/c17-15-13(11-7-3-1-4-8-11)19-16(18)14(20-15)12-9-5-2-6-10-12/h1-10,13-14H. The van der Waals surface area contributed by atoms with Gasteiger partial charge in [0.05, 0.1) is 0 Å². The number of cyclic esters (lactones) is 2. The van der Waals surface area contributed by atoms with Crippen molar-refractivity contribution >= 4 is 11.9 Å². The van der Waals surface area contributed by atoms with Gasteiger partial charge in [0.1, 0.15) is 0 Å². The van der Waals surface area contributed by atoms with Crippen LogP contribution in [0.15, 0.2) is 60.7 Å². The van der Waals surface area contributed by atoms with Crippen molar-refractivity contribution in [2.24, 2.45) is 0 Å². The van der Waals surface area contributed by atoms with E-state index in [4.69, 9.17) is 9.47 Å². The number of ether oxygens (including phenoxy) is 2. The lowest BCUT2D eigenvalue weighted by Gasteiger charge is -2.27. The first-order chi connectivity index (χ1) is 9.75. The number of esters is 2. The van der Waals surface area contributed by atoms with E-state index in [0.717, 1.165) is 0 Å². The quantitative estimate of drug-likeness (QED) is 0.785. The van der Waals surface area contributed by atoms with Crippen molar-refractivity contribution in [2.45, 2.75) is 12.2 Å². The number of carbonyl (C=O) groups excluding carboxylic acids is 2. The van der Waals surface area contributed by atoms with Crippen LogP contribution in [0.25, 0.3) is 0 Å². The second kappa shape index (κ2) is 5.17. The molecule has 1 saturated heterocycles. The van der Waals surface area contributed by atoms with Crippen molar-refractivity contribution < 1.29 is 19.1 Å². The van der Waals surface area contributed by atoms with Gasteiger partial charge in [0.15, 0.2) is 0 Å². The van der Waals surface area contributed by atoms with E-state index in [1.807, 2.05) is 12.1 Å². The highest BCUT2D eigenvalue weighted by atomic mass is 16.6. The van der Waals surface area contributed by atoms with Crippen molar-refractivity contribution in [1.29, 1.82) is 0 Å². The van der Waals surface area contributed by atoms with Gasteiger partial charge in [-0.05, 0) is 0 Å². The second-order valence-electron chi connectivity index (χ2n) is 4.46. The minimum Gasteiger partial charge on any atom is -0.442 e. The number of hydrogen-bond donors (Lipinski definition) is 0. The molecule has 2 aromatic rings. The lowest BCUT2D eigenvalue weighted by Crippen LogP contribution is -2.34. The molecule has 4 heteroatoms. The van der Waals surface area contributed by atoms with Crippen molar-refractivity contribution in [3.8, 4) is 0 Å². The van der Waals surface area contributed by atoms with Crippen LogP contribution in [0, 0.1) is 0 Å². The molecule has 1 aliphatic rings. The minimum atomic E-state index is -0.983. The van der Waals surface area contributed by atoms with Gasteiger partial charge in [0.25, 0.3) is 0 Å². The average molecular weight is 268 g/mol. The Bertz CT molecular complexity index is 564. The topological polar surface area (TPSA) is 52.6 Å². The van der Waals surface area contributed by atoms with Crippen LogP contribution in [-0.4, -0.2) is 11.9 Å². The average Bonchev–Trinajstić information content (AvgIpc) is 2.51. The predicted octanol–water partition coefficient (Wildman–Crippen LogP) is 2.57. The van der Waals surface area contributed by atoms with Crippen LogP contribution < -0.4 is 0 Å². The molecule has 100 valence electrons. The highest BCUT2D eigenvalue weighted by Gasteiger charge is 2.39. The number of carbonyl (C=O) groups is 2. The molecule has 1 heterocycles. The molecule has 0 N–H and O–H groups in total. The molecule has 0 radical (unpaired) electrons. The molecule has 0 amide bonds.